The van der Waals surface area contributed by atoms with Gasteiger partial charge in [0.15, 0.2) is 6.61 Å². The zero-order valence-electron chi connectivity index (χ0n) is 19.1. The van der Waals surface area contributed by atoms with Gasteiger partial charge in [-0.1, -0.05) is 26.0 Å². The molecule has 0 aromatic heterocycles. The highest BCUT2D eigenvalue weighted by atomic mass is 16.5. The second kappa shape index (κ2) is 12.0. The van der Waals surface area contributed by atoms with Gasteiger partial charge in [-0.25, -0.2) is 0 Å². The number of rotatable bonds is 11. The Labute approximate surface area is 184 Å². The van der Waals surface area contributed by atoms with Crippen LogP contribution in [-0.2, 0) is 4.79 Å². The molecule has 0 unspecified atom stereocenters. The number of methoxy groups -OCH3 is 1. The molecule has 7 nitrogen and oxygen atoms in total. The number of nitrogens with zero attached hydrogens (tertiary/aromatic N) is 1. The van der Waals surface area contributed by atoms with Gasteiger partial charge in [0, 0.05) is 24.8 Å². The molecule has 168 valence electrons. The number of benzene rings is 2. The summed E-state index contributed by atoms with van der Waals surface area (Å²) in [5.41, 5.74) is 2.99. The van der Waals surface area contributed by atoms with E-state index in [-0.39, 0.29) is 18.4 Å². The monoisotopic (exact) mass is 427 g/mol. The molecule has 2 aromatic rings. The predicted molar refractivity (Wildman–Crippen MR) is 123 cm³/mol. The molecule has 2 N–H and O–H groups in total. The molecular weight excluding hydrogens is 394 g/mol. The first-order chi connectivity index (χ1) is 14.9. The second-order valence-corrected chi connectivity index (χ2v) is 7.30. The van der Waals surface area contributed by atoms with Crippen LogP contribution in [0.2, 0.25) is 0 Å². The Hall–Kier alpha value is -3.06. The molecule has 0 bridgehead atoms. The molecule has 0 radical (unpaired) electrons. The predicted octanol–water partition coefficient (Wildman–Crippen LogP) is 3.40. The number of ether oxygens (including phenoxy) is 2. The molecule has 0 atom stereocenters. The van der Waals surface area contributed by atoms with E-state index in [1.807, 2.05) is 32.0 Å². The van der Waals surface area contributed by atoms with Crippen LogP contribution in [0.5, 0.6) is 11.5 Å². The zero-order valence-corrected chi connectivity index (χ0v) is 19.1. The maximum Gasteiger partial charge on any atom is 0.262 e. The lowest BCUT2D eigenvalue weighted by molar-refractivity contribution is -0.118. The van der Waals surface area contributed by atoms with Crippen LogP contribution >= 0.6 is 0 Å². The number of likely N-dealkylation sites (N-methyl/N-ethyl adjacent to an activating group) is 1. The Morgan fingerprint density at radius 3 is 2.42 bits per heavy atom. The van der Waals surface area contributed by atoms with Crippen LogP contribution in [0.3, 0.4) is 0 Å². The largest absolute Gasteiger partial charge is 0.496 e. The molecule has 2 aromatic carbocycles. The molecule has 0 aliphatic carbocycles. The van der Waals surface area contributed by atoms with Gasteiger partial charge in [0.05, 0.1) is 12.7 Å². The van der Waals surface area contributed by atoms with Crippen LogP contribution in [0.25, 0.3) is 0 Å². The molecule has 0 saturated heterocycles. The first-order valence-corrected chi connectivity index (χ1v) is 10.6. The SMILES string of the molecule is CCN(CC)CCNC(=O)c1ccc(NC(=O)COc2cc(C)ccc2C)cc1OC. The molecule has 31 heavy (non-hydrogen) atoms. The van der Waals surface area contributed by atoms with Crippen LogP contribution in [0.1, 0.15) is 35.3 Å². The molecular formula is C24H33N3O4. The lowest BCUT2D eigenvalue weighted by Gasteiger charge is -2.18. The van der Waals surface area contributed by atoms with Crippen molar-refractivity contribution in [2.75, 3.05) is 45.2 Å². The van der Waals surface area contributed by atoms with Crippen molar-refractivity contribution in [3.8, 4) is 11.5 Å². The van der Waals surface area contributed by atoms with Gasteiger partial charge in [0.2, 0.25) is 0 Å². The first kappa shape index (κ1) is 24.2. The molecule has 7 heteroatoms. The van der Waals surface area contributed by atoms with Crippen molar-refractivity contribution in [2.45, 2.75) is 27.7 Å². The first-order valence-electron chi connectivity index (χ1n) is 10.6. The number of aryl methyl sites for hydroxylation is 2. The molecule has 2 rings (SSSR count). The van der Waals surface area contributed by atoms with Crippen LogP contribution in [0.4, 0.5) is 5.69 Å². The highest BCUT2D eigenvalue weighted by molar-refractivity contribution is 5.98. The average Bonchev–Trinajstić information content (AvgIpc) is 2.77. The minimum atomic E-state index is -0.292. The summed E-state index contributed by atoms with van der Waals surface area (Å²) in [6, 6.07) is 10.8. The number of amides is 2. The van der Waals surface area contributed by atoms with E-state index >= 15 is 0 Å². The van der Waals surface area contributed by atoms with E-state index in [1.165, 1.54) is 7.11 Å². The lowest BCUT2D eigenvalue weighted by Crippen LogP contribution is -2.34. The normalized spacial score (nSPS) is 10.6. The van der Waals surface area contributed by atoms with E-state index in [0.29, 0.717) is 29.3 Å². The van der Waals surface area contributed by atoms with Crippen LogP contribution in [0, 0.1) is 13.8 Å². The van der Waals surface area contributed by atoms with Crippen molar-refractivity contribution in [3.05, 3.63) is 53.1 Å². The third kappa shape index (κ3) is 7.29. The Morgan fingerprint density at radius 1 is 1.00 bits per heavy atom. The van der Waals surface area contributed by atoms with Crippen molar-refractivity contribution >= 4 is 17.5 Å². The average molecular weight is 428 g/mol. The van der Waals surface area contributed by atoms with Crippen LogP contribution < -0.4 is 20.1 Å². The van der Waals surface area contributed by atoms with Crippen molar-refractivity contribution in [3.63, 3.8) is 0 Å². The number of nitrogens with one attached hydrogen (secondary N) is 2. The molecule has 0 aliphatic rings. The second-order valence-electron chi connectivity index (χ2n) is 7.30. The van der Waals surface area contributed by atoms with Crippen LogP contribution in [0.15, 0.2) is 36.4 Å². The zero-order chi connectivity index (χ0) is 22.8. The summed E-state index contributed by atoms with van der Waals surface area (Å²) < 4.78 is 11.0. The van der Waals surface area contributed by atoms with Gasteiger partial charge >= 0.3 is 0 Å². The Kier molecular flexibility index (Phi) is 9.34. The quantitative estimate of drug-likeness (QED) is 0.575. The fraction of sp³-hybridized carbons (Fsp3) is 0.417. The molecule has 0 fully saturated rings. The number of carbonyl (C=O) groups is 2. The minimum absolute atomic E-state index is 0.111. The van der Waals surface area contributed by atoms with Gasteiger partial charge in [0.25, 0.3) is 11.8 Å². The van der Waals surface area contributed by atoms with Crippen molar-refractivity contribution < 1.29 is 19.1 Å². The Bertz CT molecular complexity index is 894. The number of hydrogen-bond donors (Lipinski definition) is 2. The maximum atomic E-state index is 12.5. The molecule has 0 heterocycles. The summed E-state index contributed by atoms with van der Waals surface area (Å²) in [5.74, 6) is 0.581. The van der Waals surface area contributed by atoms with Gasteiger partial charge in [-0.05, 0) is 56.3 Å². The summed E-state index contributed by atoms with van der Waals surface area (Å²) >= 11 is 0. The Balaban J connectivity index is 1.94. The van der Waals surface area contributed by atoms with Crippen molar-refractivity contribution in [1.29, 1.82) is 0 Å². The maximum absolute atomic E-state index is 12.5. The molecule has 2 amide bonds. The smallest absolute Gasteiger partial charge is 0.262 e. The lowest BCUT2D eigenvalue weighted by atomic mass is 10.1. The van der Waals surface area contributed by atoms with Gasteiger partial charge < -0.3 is 25.0 Å². The summed E-state index contributed by atoms with van der Waals surface area (Å²) in [7, 11) is 1.50. The van der Waals surface area contributed by atoms with E-state index in [4.69, 9.17) is 9.47 Å². The van der Waals surface area contributed by atoms with Gasteiger partial charge in [-0.2, -0.15) is 0 Å². The highest BCUT2D eigenvalue weighted by Gasteiger charge is 2.14. The summed E-state index contributed by atoms with van der Waals surface area (Å²) in [6.45, 7) is 11.2. The third-order valence-corrected chi connectivity index (χ3v) is 5.04. The molecule has 0 spiro atoms. The summed E-state index contributed by atoms with van der Waals surface area (Å²) in [5, 5.41) is 5.69. The van der Waals surface area contributed by atoms with Gasteiger partial charge in [-0.15, -0.1) is 0 Å². The van der Waals surface area contributed by atoms with E-state index in [9.17, 15) is 9.59 Å². The highest BCUT2D eigenvalue weighted by Crippen LogP contribution is 2.23. The van der Waals surface area contributed by atoms with E-state index in [2.05, 4.69) is 29.4 Å². The van der Waals surface area contributed by atoms with Crippen molar-refractivity contribution in [1.82, 2.24) is 10.2 Å². The summed E-state index contributed by atoms with van der Waals surface area (Å²) in [4.78, 5) is 27.1. The van der Waals surface area contributed by atoms with Gasteiger partial charge in [-0.3, -0.25) is 9.59 Å². The number of anilines is 1. The standard InChI is InChI=1S/C24H33N3O4/c1-6-27(7-2)13-12-25-24(29)20-11-10-19(15-22(20)30-5)26-23(28)16-31-21-14-17(3)8-9-18(21)4/h8-11,14-15H,6-7,12-13,16H2,1-5H3,(H,25,29)(H,26,28). The van der Waals surface area contributed by atoms with E-state index < -0.39 is 0 Å². The fourth-order valence-electron chi connectivity index (χ4n) is 3.12. The molecule has 0 saturated carbocycles. The topological polar surface area (TPSA) is 79.9 Å². The number of hydrogen-bond acceptors (Lipinski definition) is 5. The molecule has 0 aliphatic heterocycles. The van der Waals surface area contributed by atoms with E-state index in [0.717, 1.165) is 30.8 Å². The van der Waals surface area contributed by atoms with E-state index in [1.54, 1.807) is 18.2 Å². The minimum Gasteiger partial charge on any atom is -0.496 e. The van der Waals surface area contributed by atoms with Crippen LogP contribution in [-0.4, -0.2) is 56.6 Å². The number of carbonyl (C=O) groups excluding carboxylic acids is 2. The Morgan fingerprint density at radius 2 is 1.74 bits per heavy atom. The van der Waals surface area contributed by atoms with Gasteiger partial charge in [0.1, 0.15) is 11.5 Å². The van der Waals surface area contributed by atoms with Crippen molar-refractivity contribution in [2.24, 2.45) is 0 Å². The fourth-order valence-corrected chi connectivity index (χ4v) is 3.12. The third-order valence-electron chi connectivity index (χ3n) is 5.04. The summed E-state index contributed by atoms with van der Waals surface area (Å²) in [6.07, 6.45) is 0.